The minimum absolute atomic E-state index is 0.130. The van der Waals surface area contributed by atoms with Crippen LogP contribution < -0.4 is 9.47 Å². The van der Waals surface area contributed by atoms with E-state index >= 15 is 0 Å². The van der Waals surface area contributed by atoms with E-state index in [1.165, 1.54) is 43.7 Å². The minimum Gasteiger partial charge on any atom is -0.486 e. The van der Waals surface area contributed by atoms with Gasteiger partial charge in [0.2, 0.25) is 0 Å². The van der Waals surface area contributed by atoms with Gasteiger partial charge in [0, 0.05) is 24.7 Å². The maximum absolute atomic E-state index is 13.2. The number of ether oxygens (including phenoxy) is 2. The standard InChI is InChI=1S/C23H29N3O3S/c1-16-21(23(27)26-11-7-18(8-12-26)25-9-3-2-4-10-25)30-22(24-16)17-5-6-19-20(15-17)29-14-13-28-19/h5-6,15,18H,2-4,7-14H2,1H3. The molecule has 3 aliphatic heterocycles. The molecule has 2 saturated heterocycles. The van der Waals surface area contributed by atoms with Crippen molar-refractivity contribution in [3.63, 3.8) is 0 Å². The van der Waals surface area contributed by atoms with Gasteiger partial charge in [-0.15, -0.1) is 11.3 Å². The van der Waals surface area contributed by atoms with Gasteiger partial charge >= 0.3 is 0 Å². The van der Waals surface area contributed by atoms with Crippen molar-refractivity contribution >= 4 is 17.2 Å². The highest BCUT2D eigenvalue weighted by atomic mass is 32.1. The Bertz CT molecular complexity index is 914. The maximum atomic E-state index is 13.2. The second kappa shape index (κ2) is 8.55. The van der Waals surface area contributed by atoms with Crippen molar-refractivity contribution in [3.8, 4) is 22.1 Å². The molecule has 7 heteroatoms. The summed E-state index contributed by atoms with van der Waals surface area (Å²) in [6.07, 6.45) is 6.17. The molecule has 4 heterocycles. The molecular formula is C23H29N3O3S. The average Bonchev–Trinajstić information content (AvgIpc) is 3.20. The van der Waals surface area contributed by atoms with Crippen LogP contribution in [0.25, 0.3) is 10.6 Å². The molecule has 1 aromatic heterocycles. The minimum atomic E-state index is 0.130. The zero-order valence-electron chi connectivity index (χ0n) is 17.6. The summed E-state index contributed by atoms with van der Waals surface area (Å²) in [5, 5.41) is 0.857. The Morgan fingerprint density at radius 2 is 1.77 bits per heavy atom. The normalized spacial score (nSPS) is 20.4. The number of rotatable bonds is 3. The molecule has 0 atom stereocenters. The number of fused-ring (bicyclic) bond motifs is 1. The molecule has 2 fully saturated rings. The Labute approximate surface area is 181 Å². The number of aryl methyl sites for hydroxylation is 1. The summed E-state index contributed by atoms with van der Waals surface area (Å²) in [4.78, 5) is 23.3. The number of amides is 1. The Morgan fingerprint density at radius 3 is 2.53 bits per heavy atom. The van der Waals surface area contributed by atoms with Crippen molar-refractivity contribution in [1.29, 1.82) is 0 Å². The number of aromatic nitrogens is 1. The molecule has 5 rings (SSSR count). The van der Waals surface area contributed by atoms with Crippen LogP contribution in [0.3, 0.4) is 0 Å². The predicted octanol–water partition coefficient (Wildman–Crippen LogP) is 3.98. The first-order valence-electron chi connectivity index (χ1n) is 11.1. The lowest BCUT2D eigenvalue weighted by Gasteiger charge is -2.40. The van der Waals surface area contributed by atoms with E-state index < -0.39 is 0 Å². The number of carbonyl (C=O) groups excluding carboxylic acids is 1. The molecule has 0 bridgehead atoms. The second-order valence-corrected chi connectivity index (χ2v) is 9.41. The van der Waals surface area contributed by atoms with Gasteiger partial charge < -0.3 is 19.3 Å². The molecule has 30 heavy (non-hydrogen) atoms. The van der Waals surface area contributed by atoms with Gasteiger partial charge in [-0.2, -0.15) is 0 Å². The molecule has 1 amide bonds. The Morgan fingerprint density at radius 1 is 1.03 bits per heavy atom. The van der Waals surface area contributed by atoms with Gasteiger partial charge in [-0.05, 0) is 63.9 Å². The summed E-state index contributed by atoms with van der Waals surface area (Å²) in [6.45, 7) is 7.22. The largest absolute Gasteiger partial charge is 0.486 e. The molecule has 2 aromatic rings. The molecule has 0 aliphatic carbocycles. The van der Waals surface area contributed by atoms with Gasteiger partial charge in [0.1, 0.15) is 23.1 Å². The first kappa shape index (κ1) is 19.8. The van der Waals surface area contributed by atoms with Crippen LogP contribution in [0.5, 0.6) is 11.5 Å². The topological polar surface area (TPSA) is 54.9 Å². The number of likely N-dealkylation sites (tertiary alicyclic amines) is 2. The number of hydrogen-bond donors (Lipinski definition) is 0. The van der Waals surface area contributed by atoms with Crippen molar-refractivity contribution in [1.82, 2.24) is 14.8 Å². The van der Waals surface area contributed by atoms with Crippen LogP contribution in [0.1, 0.15) is 47.5 Å². The van der Waals surface area contributed by atoms with Crippen LogP contribution in [-0.2, 0) is 0 Å². The third kappa shape index (κ3) is 3.93. The lowest BCUT2D eigenvalue weighted by atomic mass is 10.00. The quantitative estimate of drug-likeness (QED) is 0.742. The van der Waals surface area contributed by atoms with Crippen LogP contribution in [0.4, 0.5) is 0 Å². The van der Waals surface area contributed by atoms with Crippen molar-refractivity contribution in [2.75, 3.05) is 39.4 Å². The van der Waals surface area contributed by atoms with E-state index in [0.29, 0.717) is 19.3 Å². The van der Waals surface area contributed by atoms with Crippen molar-refractivity contribution < 1.29 is 14.3 Å². The molecule has 0 saturated carbocycles. The SMILES string of the molecule is Cc1nc(-c2ccc3c(c2)OCCO3)sc1C(=O)N1CCC(N2CCCCC2)CC1. The van der Waals surface area contributed by atoms with Gasteiger partial charge in [-0.25, -0.2) is 4.98 Å². The number of piperidine rings is 2. The molecule has 3 aliphatic rings. The second-order valence-electron chi connectivity index (χ2n) is 8.41. The molecule has 0 spiro atoms. The van der Waals surface area contributed by atoms with E-state index in [4.69, 9.17) is 14.5 Å². The Hall–Kier alpha value is -2.12. The Balaban J connectivity index is 1.27. The van der Waals surface area contributed by atoms with Crippen LogP contribution in [0.2, 0.25) is 0 Å². The zero-order valence-corrected chi connectivity index (χ0v) is 18.4. The van der Waals surface area contributed by atoms with E-state index in [1.807, 2.05) is 30.0 Å². The molecule has 0 unspecified atom stereocenters. The van der Waals surface area contributed by atoms with Crippen LogP contribution in [-0.4, -0.2) is 66.1 Å². The van der Waals surface area contributed by atoms with Gasteiger partial charge in [0.05, 0.1) is 5.69 Å². The van der Waals surface area contributed by atoms with E-state index in [2.05, 4.69) is 4.90 Å². The summed E-state index contributed by atoms with van der Waals surface area (Å²) in [5.74, 6) is 1.65. The summed E-state index contributed by atoms with van der Waals surface area (Å²) in [6, 6.07) is 6.52. The number of thiazole rings is 1. The van der Waals surface area contributed by atoms with Crippen LogP contribution in [0.15, 0.2) is 18.2 Å². The summed E-state index contributed by atoms with van der Waals surface area (Å²) in [5.41, 5.74) is 1.78. The lowest BCUT2D eigenvalue weighted by Crippen LogP contribution is -2.48. The van der Waals surface area contributed by atoms with E-state index in [0.717, 1.165) is 58.6 Å². The fraction of sp³-hybridized carbons (Fsp3) is 0.565. The zero-order chi connectivity index (χ0) is 20.5. The molecule has 0 N–H and O–H groups in total. The number of nitrogens with zero attached hydrogens (tertiary/aromatic N) is 3. The third-order valence-electron chi connectivity index (χ3n) is 6.44. The highest BCUT2D eigenvalue weighted by Gasteiger charge is 2.30. The summed E-state index contributed by atoms with van der Waals surface area (Å²) in [7, 11) is 0. The van der Waals surface area contributed by atoms with Crippen LogP contribution >= 0.6 is 11.3 Å². The van der Waals surface area contributed by atoms with Crippen molar-refractivity contribution in [2.45, 2.75) is 45.1 Å². The highest BCUT2D eigenvalue weighted by Crippen LogP contribution is 2.37. The predicted molar refractivity (Wildman–Crippen MR) is 118 cm³/mol. The monoisotopic (exact) mass is 427 g/mol. The third-order valence-corrected chi connectivity index (χ3v) is 7.63. The fourth-order valence-corrected chi connectivity index (χ4v) is 5.79. The van der Waals surface area contributed by atoms with Gasteiger partial charge in [-0.3, -0.25) is 4.79 Å². The number of benzene rings is 1. The van der Waals surface area contributed by atoms with Gasteiger partial charge in [-0.1, -0.05) is 6.42 Å². The first-order valence-corrected chi connectivity index (χ1v) is 11.9. The van der Waals surface area contributed by atoms with E-state index in [1.54, 1.807) is 0 Å². The van der Waals surface area contributed by atoms with Gasteiger partial charge in [0.25, 0.3) is 5.91 Å². The van der Waals surface area contributed by atoms with E-state index in [-0.39, 0.29) is 5.91 Å². The summed E-state index contributed by atoms with van der Waals surface area (Å²) < 4.78 is 11.3. The van der Waals surface area contributed by atoms with Crippen molar-refractivity contribution in [2.24, 2.45) is 0 Å². The first-order chi connectivity index (χ1) is 14.7. The average molecular weight is 428 g/mol. The molecule has 6 nitrogen and oxygen atoms in total. The van der Waals surface area contributed by atoms with Gasteiger partial charge in [0.15, 0.2) is 11.5 Å². The molecular weight excluding hydrogens is 398 g/mol. The van der Waals surface area contributed by atoms with E-state index in [9.17, 15) is 4.79 Å². The van der Waals surface area contributed by atoms with Crippen molar-refractivity contribution in [3.05, 3.63) is 28.8 Å². The lowest BCUT2D eigenvalue weighted by molar-refractivity contribution is 0.0593. The highest BCUT2D eigenvalue weighted by molar-refractivity contribution is 7.17. The molecule has 160 valence electrons. The maximum Gasteiger partial charge on any atom is 0.265 e. The molecule has 0 radical (unpaired) electrons. The Kier molecular flexibility index (Phi) is 5.65. The number of hydrogen-bond acceptors (Lipinski definition) is 6. The fourth-order valence-electron chi connectivity index (χ4n) is 4.76. The summed E-state index contributed by atoms with van der Waals surface area (Å²) >= 11 is 1.48. The molecule has 1 aromatic carbocycles. The van der Waals surface area contributed by atoms with Crippen LogP contribution in [0, 0.1) is 6.92 Å². The number of carbonyl (C=O) groups is 1. The smallest absolute Gasteiger partial charge is 0.265 e.